The standard InChI is InChI=1S/C13H24N4O2S/c1-10(2)8-17-11(15-16-13(17)20-4)6-5-7-14-12(18)9-19-3/h10H,5-9H2,1-4H3,(H,14,18). The average molecular weight is 300 g/mol. The number of carbonyl (C=O) groups is 1. The van der Waals surface area contributed by atoms with Gasteiger partial charge in [-0.3, -0.25) is 4.79 Å². The zero-order chi connectivity index (χ0) is 15.0. The van der Waals surface area contributed by atoms with Crippen molar-refractivity contribution >= 4 is 17.7 Å². The Kier molecular flexibility index (Phi) is 7.61. The molecule has 0 unspecified atom stereocenters. The minimum Gasteiger partial charge on any atom is -0.375 e. The van der Waals surface area contributed by atoms with Crippen molar-refractivity contribution in [1.29, 1.82) is 0 Å². The summed E-state index contributed by atoms with van der Waals surface area (Å²) in [5, 5.41) is 12.2. The second-order valence-electron chi connectivity index (χ2n) is 4.99. The van der Waals surface area contributed by atoms with Crippen LogP contribution in [0, 0.1) is 5.92 Å². The van der Waals surface area contributed by atoms with Crippen LogP contribution in [0.15, 0.2) is 5.16 Å². The van der Waals surface area contributed by atoms with Crippen LogP contribution in [0.3, 0.4) is 0 Å². The van der Waals surface area contributed by atoms with E-state index in [1.54, 1.807) is 11.8 Å². The Labute approximate surface area is 124 Å². The molecule has 1 heterocycles. The first kappa shape index (κ1) is 17.0. The third-order valence-electron chi connectivity index (χ3n) is 2.70. The summed E-state index contributed by atoms with van der Waals surface area (Å²) in [4.78, 5) is 11.2. The van der Waals surface area contributed by atoms with E-state index in [0.29, 0.717) is 12.5 Å². The predicted molar refractivity (Wildman–Crippen MR) is 79.8 cm³/mol. The van der Waals surface area contributed by atoms with Gasteiger partial charge in [0.05, 0.1) is 0 Å². The molecule has 0 saturated heterocycles. The van der Waals surface area contributed by atoms with Gasteiger partial charge in [-0.05, 0) is 18.6 Å². The highest BCUT2D eigenvalue weighted by Crippen LogP contribution is 2.16. The van der Waals surface area contributed by atoms with Crippen LogP contribution in [-0.2, 0) is 22.5 Å². The number of ether oxygens (including phenoxy) is 1. The third kappa shape index (κ3) is 5.50. The second kappa shape index (κ2) is 8.97. The molecule has 7 heteroatoms. The maximum absolute atomic E-state index is 11.2. The van der Waals surface area contributed by atoms with Gasteiger partial charge in [-0.1, -0.05) is 25.6 Å². The Morgan fingerprint density at radius 1 is 1.45 bits per heavy atom. The Bertz CT molecular complexity index is 421. The number of hydrogen-bond acceptors (Lipinski definition) is 5. The monoisotopic (exact) mass is 300 g/mol. The molecule has 1 amide bonds. The topological polar surface area (TPSA) is 69.0 Å². The van der Waals surface area contributed by atoms with E-state index >= 15 is 0 Å². The van der Waals surface area contributed by atoms with Gasteiger partial charge >= 0.3 is 0 Å². The summed E-state index contributed by atoms with van der Waals surface area (Å²) >= 11 is 1.61. The summed E-state index contributed by atoms with van der Waals surface area (Å²) in [6, 6.07) is 0. The number of amides is 1. The van der Waals surface area contributed by atoms with Gasteiger partial charge in [-0.15, -0.1) is 10.2 Å². The van der Waals surface area contributed by atoms with E-state index in [-0.39, 0.29) is 12.5 Å². The van der Waals surface area contributed by atoms with Gasteiger partial charge in [-0.2, -0.15) is 0 Å². The van der Waals surface area contributed by atoms with Crippen molar-refractivity contribution in [3.8, 4) is 0 Å². The number of rotatable bonds is 9. The largest absolute Gasteiger partial charge is 0.375 e. The highest BCUT2D eigenvalue weighted by molar-refractivity contribution is 7.98. The molecule has 1 rings (SSSR count). The zero-order valence-electron chi connectivity index (χ0n) is 12.7. The Morgan fingerprint density at radius 3 is 2.80 bits per heavy atom. The summed E-state index contributed by atoms with van der Waals surface area (Å²) in [6.45, 7) is 6.03. The first-order valence-corrected chi connectivity index (χ1v) is 8.02. The number of hydrogen-bond donors (Lipinski definition) is 1. The highest BCUT2D eigenvalue weighted by atomic mass is 32.2. The van der Waals surface area contributed by atoms with E-state index in [0.717, 1.165) is 30.4 Å². The molecule has 0 bridgehead atoms. The van der Waals surface area contributed by atoms with E-state index in [1.165, 1.54) is 7.11 Å². The van der Waals surface area contributed by atoms with Crippen molar-refractivity contribution < 1.29 is 9.53 Å². The van der Waals surface area contributed by atoms with Gasteiger partial charge in [0, 0.05) is 26.6 Å². The van der Waals surface area contributed by atoms with Crippen molar-refractivity contribution in [1.82, 2.24) is 20.1 Å². The van der Waals surface area contributed by atoms with E-state index in [4.69, 9.17) is 4.74 Å². The molecule has 1 N–H and O–H groups in total. The van der Waals surface area contributed by atoms with Crippen LogP contribution < -0.4 is 5.32 Å². The summed E-state index contributed by atoms with van der Waals surface area (Å²) in [7, 11) is 1.51. The molecule has 0 radical (unpaired) electrons. The summed E-state index contributed by atoms with van der Waals surface area (Å²) in [5.41, 5.74) is 0. The number of nitrogens with one attached hydrogen (secondary N) is 1. The predicted octanol–water partition coefficient (Wildman–Crippen LogP) is 1.35. The van der Waals surface area contributed by atoms with Gasteiger partial charge < -0.3 is 14.6 Å². The summed E-state index contributed by atoms with van der Waals surface area (Å²) in [5.74, 6) is 1.46. The molecular formula is C13H24N4O2S. The molecule has 0 aliphatic rings. The second-order valence-corrected chi connectivity index (χ2v) is 5.77. The number of carbonyl (C=O) groups excluding carboxylic acids is 1. The van der Waals surface area contributed by atoms with Crippen LogP contribution in [0.5, 0.6) is 0 Å². The van der Waals surface area contributed by atoms with Gasteiger partial charge in [0.15, 0.2) is 5.16 Å². The van der Waals surface area contributed by atoms with E-state index < -0.39 is 0 Å². The summed E-state index contributed by atoms with van der Waals surface area (Å²) in [6.07, 6.45) is 3.67. The maximum atomic E-state index is 11.2. The number of methoxy groups -OCH3 is 1. The minimum absolute atomic E-state index is 0.0825. The van der Waals surface area contributed by atoms with Crippen LogP contribution in [0.25, 0.3) is 0 Å². The fraction of sp³-hybridized carbons (Fsp3) is 0.769. The average Bonchev–Trinajstić information content (AvgIpc) is 2.76. The Morgan fingerprint density at radius 2 is 2.20 bits per heavy atom. The lowest BCUT2D eigenvalue weighted by Gasteiger charge is -2.11. The molecule has 0 aliphatic carbocycles. The lowest BCUT2D eigenvalue weighted by Crippen LogP contribution is -2.28. The first-order valence-electron chi connectivity index (χ1n) is 6.80. The van der Waals surface area contributed by atoms with E-state index in [2.05, 4.69) is 33.9 Å². The molecular weight excluding hydrogens is 276 g/mol. The fourth-order valence-electron chi connectivity index (χ4n) is 1.86. The van der Waals surface area contributed by atoms with Crippen LogP contribution in [0.2, 0.25) is 0 Å². The molecule has 0 atom stereocenters. The molecule has 1 aromatic rings. The Balaban J connectivity index is 2.47. The van der Waals surface area contributed by atoms with Gasteiger partial charge in [0.25, 0.3) is 0 Å². The smallest absolute Gasteiger partial charge is 0.245 e. The quantitative estimate of drug-likeness (QED) is 0.551. The normalized spacial score (nSPS) is 11.1. The summed E-state index contributed by atoms with van der Waals surface area (Å²) < 4.78 is 6.93. The fourth-order valence-corrected chi connectivity index (χ4v) is 2.38. The van der Waals surface area contributed by atoms with E-state index in [9.17, 15) is 4.79 Å². The van der Waals surface area contributed by atoms with Crippen molar-refractivity contribution in [3.63, 3.8) is 0 Å². The number of aromatic nitrogens is 3. The van der Waals surface area contributed by atoms with Crippen LogP contribution in [0.4, 0.5) is 0 Å². The molecule has 0 aromatic carbocycles. The minimum atomic E-state index is -0.0825. The first-order chi connectivity index (χ1) is 9.58. The maximum Gasteiger partial charge on any atom is 0.245 e. The number of thioether (sulfide) groups is 1. The molecule has 20 heavy (non-hydrogen) atoms. The van der Waals surface area contributed by atoms with Crippen molar-refractivity contribution in [2.45, 2.75) is 38.4 Å². The molecule has 0 fully saturated rings. The zero-order valence-corrected chi connectivity index (χ0v) is 13.5. The van der Waals surface area contributed by atoms with Gasteiger partial charge in [0.1, 0.15) is 12.4 Å². The van der Waals surface area contributed by atoms with Gasteiger partial charge in [0.2, 0.25) is 5.91 Å². The number of nitrogens with zero attached hydrogens (tertiary/aromatic N) is 3. The SMILES string of the molecule is COCC(=O)NCCCc1nnc(SC)n1CC(C)C. The number of aryl methyl sites for hydroxylation is 1. The van der Waals surface area contributed by atoms with Crippen LogP contribution >= 0.6 is 11.8 Å². The molecule has 114 valence electrons. The van der Waals surface area contributed by atoms with E-state index in [1.807, 2.05) is 6.26 Å². The lowest BCUT2D eigenvalue weighted by molar-refractivity contribution is -0.124. The van der Waals surface area contributed by atoms with Crippen molar-refractivity contribution in [3.05, 3.63) is 5.82 Å². The molecule has 0 aliphatic heterocycles. The van der Waals surface area contributed by atoms with Gasteiger partial charge in [-0.25, -0.2) is 0 Å². The Hall–Kier alpha value is -1.08. The third-order valence-corrected chi connectivity index (χ3v) is 3.37. The highest BCUT2D eigenvalue weighted by Gasteiger charge is 2.12. The van der Waals surface area contributed by atoms with Crippen LogP contribution in [0.1, 0.15) is 26.1 Å². The van der Waals surface area contributed by atoms with Crippen LogP contribution in [-0.4, -0.2) is 47.2 Å². The molecule has 0 spiro atoms. The molecule has 6 nitrogen and oxygen atoms in total. The lowest BCUT2D eigenvalue weighted by atomic mass is 10.2. The van der Waals surface area contributed by atoms with Crippen molar-refractivity contribution in [2.75, 3.05) is 26.5 Å². The van der Waals surface area contributed by atoms with Crippen molar-refractivity contribution in [2.24, 2.45) is 5.92 Å². The molecule has 1 aromatic heterocycles. The molecule has 0 saturated carbocycles.